The molecule has 1 atom stereocenters. The van der Waals surface area contributed by atoms with Gasteiger partial charge in [-0.3, -0.25) is 0 Å². The fraction of sp³-hybridized carbons (Fsp3) is 0.250. The van der Waals surface area contributed by atoms with Gasteiger partial charge in [0.2, 0.25) is 0 Å². The molecule has 0 heterocycles. The topological polar surface area (TPSA) is 46.2 Å². The highest BCUT2D eigenvalue weighted by molar-refractivity contribution is 5.67. The van der Waals surface area contributed by atoms with Crippen molar-refractivity contribution in [3.63, 3.8) is 0 Å². The molecule has 2 heteroatoms. The summed E-state index contributed by atoms with van der Waals surface area (Å²) >= 11 is 0. The Kier molecular flexibility index (Phi) is 4.13. The number of hydrogen-bond acceptors (Lipinski definition) is 2. The maximum atomic E-state index is 9.00. The zero-order valence-corrected chi connectivity index (χ0v) is 10.6. The number of aryl methyl sites for hydroxylation is 1. The van der Waals surface area contributed by atoms with Gasteiger partial charge in [-0.25, -0.2) is 0 Å². The lowest BCUT2D eigenvalue weighted by molar-refractivity contribution is 0.265. The lowest BCUT2D eigenvalue weighted by atomic mass is 9.97. The normalized spacial score (nSPS) is 12.4. The number of benzene rings is 2. The number of aliphatic hydroxyl groups excluding tert-OH is 1. The summed E-state index contributed by atoms with van der Waals surface area (Å²) in [6.45, 7) is 2.13. The van der Waals surface area contributed by atoms with Gasteiger partial charge in [0.15, 0.2) is 0 Å². The van der Waals surface area contributed by atoms with Crippen LogP contribution >= 0.6 is 0 Å². The van der Waals surface area contributed by atoms with Gasteiger partial charge in [0.25, 0.3) is 0 Å². The Balaban J connectivity index is 2.30. The standard InChI is InChI=1S/C16H19NO/c1-12-5-2-3-8-16(12)14-7-4-6-13(9-14)10-15(17)11-18/h2-9,15,18H,10-11,17H2,1H3. The third-order valence-electron chi connectivity index (χ3n) is 3.12. The highest BCUT2D eigenvalue weighted by atomic mass is 16.3. The van der Waals surface area contributed by atoms with E-state index in [2.05, 4.69) is 43.3 Å². The van der Waals surface area contributed by atoms with Crippen LogP contribution in [0.25, 0.3) is 11.1 Å². The molecular formula is C16H19NO. The van der Waals surface area contributed by atoms with E-state index in [0.717, 1.165) is 5.56 Å². The average Bonchev–Trinajstić information content (AvgIpc) is 2.39. The van der Waals surface area contributed by atoms with Crippen molar-refractivity contribution in [2.45, 2.75) is 19.4 Å². The second-order valence-electron chi connectivity index (χ2n) is 4.66. The molecule has 18 heavy (non-hydrogen) atoms. The molecule has 0 saturated heterocycles. The fourth-order valence-corrected chi connectivity index (χ4v) is 2.13. The van der Waals surface area contributed by atoms with Crippen molar-refractivity contribution in [3.8, 4) is 11.1 Å². The molecule has 3 N–H and O–H groups in total. The highest BCUT2D eigenvalue weighted by Crippen LogP contribution is 2.24. The molecule has 2 aromatic carbocycles. The smallest absolute Gasteiger partial charge is 0.0585 e. The van der Waals surface area contributed by atoms with E-state index in [0.29, 0.717) is 6.42 Å². The summed E-state index contributed by atoms with van der Waals surface area (Å²) in [5.74, 6) is 0. The van der Waals surface area contributed by atoms with Gasteiger partial charge in [-0.15, -0.1) is 0 Å². The second-order valence-corrected chi connectivity index (χ2v) is 4.66. The predicted octanol–water partition coefficient (Wildman–Crippen LogP) is 2.52. The van der Waals surface area contributed by atoms with E-state index >= 15 is 0 Å². The first kappa shape index (κ1) is 12.8. The van der Waals surface area contributed by atoms with Gasteiger partial charge in [-0.05, 0) is 35.6 Å². The molecular weight excluding hydrogens is 222 g/mol. The van der Waals surface area contributed by atoms with Crippen LogP contribution in [0.2, 0.25) is 0 Å². The van der Waals surface area contributed by atoms with Crippen LogP contribution in [0.15, 0.2) is 48.5 Å². The molecule has 2 rings (SSSR count). The third kappa shape index (κ3) is 2.97. The van der Waals surface area contributed by atoms with Crippen LogP contribution in [-0.4, -0.2) is 17.8 Å². The van der Waals surface area contributed by atoms with E-state index in [1.165, 1.54) is 16.7 Å². The van der Waals surface area contributed by atoms with Crippen molar-refractivity contribution in [1.29, 1.82) is 0 Å². The maximum absolute atomic E-state index is 9.00. The highest BCUT2D eigenvalue weighted by Gasteiger charge is 2.05. The van der Waals surface area contributed by atoms with Crippen molar-refractivity contribution in [2.24, 2.45) is 5.73 Å². The van der Waals surface area contributed by atoms with Gasteiger partial charge >= 0.3 is 0 Å². The van der Waals surface area contributed by atoms with Crippen molar-refractivity contribution in [3.05, 3.63) is 59.7 Å². The summed E-state index contributed by atoms with van der Waals surface area (Å²) in [4.78, 5) is 0. The van der Waals surface area contributed by atoms with E-state index < -0.39 is 0 Å². The molecule has 0 radical (unpaired) electrons. The predicted molar refractivity (Wildman–Crippen MR) is 75.4 cm³/mol. The molecule has 0 saturated carbocycles. The van der Waals surface area contributed by atoms with Gasteiger partial charge in [0, 0.05) is 6.04 Å². The Hall–Kier alpha value is -1.64. The van der Waals surface area contributed by atoms with Crippen LogP contribution in [-0.2, 0) is 6.42 Å². The molecule has 0 aromatic heterocycles. The fourth-order valence-electron chi connectivity index (χ4n) is 2.13. The SMILES string of the molecule is Cc1ccccc1-c1cccc(CC(N)CO)c1. The monoisotopic (exact) mass is 241 g/mol. The summed E-state index contributed by atoms with van der Waals surface area (Å²) < 4.78 is 0. The summed E-state index contributed by atoms with van der Waals surface area (Å²) in [6, 6.07) is 16.5. The van der Waals surface area contributed by atoms with Crippen molar-refractivity contribution >= 4 is 0 Å². The van der Waals surface area contributed by atoms with Gasteiger partial charge in [0.05, 0.1) is 6.61 Å². The Bertz CT molecular complexity index is 522. The van der Waals surface area contributed by atoms with Crippen LogP contribution in [0.4, 0.5) is 0 Å². The summed E-state index contributed by atoms with van der Waals surface area (Å²) in [6.07, 6.45) is 0.705. The maximum Gasteiger partial charge on any atom is 0.0585 e. The quantitative estimate of drug-likeness (QED) is 0.864. The van der Waals surface area contributed by atoms with E-state index in [9.17, 15) is 0 Å². The summed E-state index contributed by atoms with van der Waals surface area (Å²) in [5, 5.41) is 9.00. The van der Waals surface area contributed by atoms with Crippen LogP contribution < -0.4 is 5.73 Å². The van der Waals surface area contributed by atoms with Gasteiger partial charge in [-0.1, -0.05) is 48.5 Å². The number of hydrogen-bond donors (Lipinski definition) is 2. The zero-order chi connectivity index (χ0) is 13.0. The third-order valence-corrected chi connectivity index (χ3v) is 3.12. The zero-order valence-electron chi connectivity index (χ0n) is 10.6. The largest absolute Gasteiger partial charge is 0.395 e. The molecule has 94 valence electrons. The molecule has 1 unspecified atom stereocenters. The summed E-state index contributed by atoms with van der Waals surface area (Å²) in [5.41, 5.74) is 10.7. The van der Waals surface area contributed by atoms with Gasteiger partial charge in [-0.2, -0.15) is 0 Å². The number of rotatable bonds is 4. The molecule has 0 amide bonds. The Morgan fingerprint density at radius 1 is 1.11 bits per heavy atom. The minimum Gasteiger partial charge on any atom is -0.395 e. The molecule has 0 bridgehead atoms. The van der Waals surface area contributed by atoms with E-state index in [1.807, 2.05) is 12.1 Å². The van der Waals surface area contributed by atoms with Gasteiger partial charge in [0.1, 0.15) is 0 Å². The molecule has 2 nitrogen and oxygen atoms in total. The van der Waals surface area contributed by atoms with E-state index in [-0.39, 0.29) is 12.6 Å². The molecule has 0 aliphatic rings. The second kappa shape index (κ2) is 5.80. The van der Waals surface area contributed by atoms with E-state index in [1.54, 1.807) is 0 Å². The number of nitrogens with two attached hydrogens (primary N) is 1. The van der Waals surface area contributed by atoms with Gasteiger partial charge < -0.3 is 10.8 Å². The Labute approximate surface area is 108 Å². The molecule has 2 aromatic rings. The molecule has 0 aliphatic carbocycles. The lowest BCUT2D eigenvalue weighted by Gasteiger charge is -2.11. The van der Waals surface area contributed by atoms with Crippen LogP contribution in [0.5, 0.6) is 0 Å². The number of aliphatic hydroxyl groups is 1. The Morgan fingerprint density at radius 3 is 2.61 bits per heavy atom. The molecule has 0 fully saturated rings. The first-order valence-electron chi connectivity index (χ1n) is 6.22. The van der Waals surface area contributed by atoms with Crippen molar-refractivity contribution in [1.82, 2.24) is 0 Å². The van der Waals surface area contributed by atoms with Crippen LogP contribution in [0.3, 0.4) is 0 Å². The minimum absolute atomic E-state index is 0.0224. The van der Waals surface area contributed by atoms with Crippen LogP contribution in [0.1, 0.15) is 11.1 Å². The van der Waals surface area contributed by atoms with Crippen molar-refractivity contribution < 1.29 is 5.11 Å². The van der Waals surface area contributed by atoms with E-state index in [4.69, 9.17) is 10.8 Å². The molecule has 0 aliphatic heterocycles. The first-order chi connectivity index (χ1) is 8.70. The summed E-state index contributed by atoms with van der Waals surface area (Å²) in [7, 11) is 0. The molecule has 0 spiro atoms. The van der Waals surface area contributed by atoms with Crippen LogP contribution in [0, 0.1) is 6.92 Å². The van der Waals surface area contributed by atoms with Crippen molar-refractivity contribution in [2.75, 3.05) is 6.61 Å². The minimum atomic E-state index is -0.183. The first-order valence-corrected chi connectivity index (χ1v) is 6.22. The lowest BCUT2D eigenvalue weighted by Crippen LogP contribution is -2.26. The Morgan fingerprint density at radius 2 is 1.89 bits per heavy atom. The average molecular weight is 241 g/mol.